The van der Waals surface area contributed by atoms with E-state index in [-0.39, 0.29) is 13.2 Å². The van der Waals surface area contributed by atoms with Crippen molar-refractivity contribution in [3.63, 3.8) is 0 Å². The van der Waals surface area contributed by atoms with Crippen molar-refractivity contribution in [3.8, 4) is 0 Å². The van der Waals surface area contributed by atoms with Gasteiger partial charge in [0, 0.05) is 0 Å². The van der Waals surface area contributed by atoms with Crippen LogP contribution in [0.15, 0.2) is 0 Å². The maximum atomic E-state index is 12.8. The third-order valence-corrected chi connectivity index (χ3v) is 23.7. The predicted molar refractivity (Wildman–Crippen MR) is 105 cm³/mol. The molecule has 0 aromatic rings. The molecule has 1 fully saturated rings. The van der Waals surface area contributed by atoms with E-state index in [0.717, 1.165) is 47.4 Å². The molecule has 0 bridgehead atoms. The van der Waals surface area contributed by atoms with Crippen LogP contribution < -0.4 is 0 Å². The zero-order valence-corrected chi connectivity index (χ0v) is 21.4. The molecular weight excluding hydrogens is 485 g/mol. The van der Waals surface area contributed by atoms with Crippen LogP contribution in [0.2, 0.25) is 8.87 Å². The van der Waals surface area contributed by atoms with Crippen molar-refractivity contribution < 1.29 is 28.2 Å². The number of phosphoric ester groups is 1. The van der Waals surface area contributed by atoms with Gasteiger partial charge in [0.25, 0.3) is 0 Å². The predicted octanol–water partition coefficient (Wildman–Crippen LogP) is 6.94. The molecule has 0 saturated carbocycles. The Labute approximate surface area is 164 Å². The van der Waals surface area contributed by atoms with E-state index in [4.69, 9.17) is 19.1 Å². The average Bonchev–Trinajstić information content (AvgIpc) is 2.57. The standard InChI is InChI=1S/C8H20O7P2.2C4H9.Sn/c1-3-5-7-13-17(12,14-8-6-4-2)15-16(9,10)11;2*1-3-4-2;/h3-8H2,1-2H3,(H2,9,10,11);2*1,3-4H2,2H3;/q;;;+2/p-2. The van der Waals surface area contributed by atoms with Crippen LogP contribution in [0.4, 0.5) is 0 Å². The Balaban J connectivity index is 2.70. The molecule has 0 atom stereocenters. The van der Waals surface area contributed by atoms with Crippen LogP contribution in [0, 0.1) is 0 Å². The summed E-state index contributed by atoms with van der Waals surface area (Å²) >= 11 is -3.34. The topological polar surface area (TPSA) is 80.3 Å². The second-order valence-electron chi connectivity index (χ2n) is 6.65. The van der Waals surface area contributed by atoms with E-state index >= 15 is 0 Å². The molecule has 0 spiro atoms. The van der Waals surface area contributed by atoms with Gasteiger partial charge in [-0.3, -0.25) is 0 Å². The van der Waals surface area contributed by atoms with Gasteiger partial charge in [-0.2, -0.15) is 0 Å². The van der Waals surface area contributed by atoms with Gasteiger partial charge >= 0.3 is 164 Å². The maximum absolute atomic E-state index is 12.8. The molecule has 1 aliphatic rings. The molecule has 0 aromatic heterocycles. The van der Waals surface area contributed by atoms with Gasteiger partial charge in [0.05, 0.1) is 0 Å². The van der Waals surface area contributed by atoms with Gasteiger partial charge < -0.3 is 0 Å². The molecule has 10 heteroatoms. The van der Waals surface area contributed by atoms with Crippen LogP contribution >= 0.6 is 15.6 Å². The average molecular weight is 521 g/mol. The molecule has 0 amide bonds. The third kappa shape index (κ3) is 8.60. The van der Waals surface area contributed by atoms with Gasteiger partial charge in [-0.25, -0.2) is 0 Å². The fraction of sp³-hybridized carbons (Fsp3) is 1.00. The summed E-state index contributed by atoms with van der Waals surface area (Å²) in [7, 11) is -7.79. The Morgan fingerprint density at radius 3 is 1.62 bits per heavy atom. The first-order valence-corrected chi connectivity index (χ1v) is 19.3. The number of rotatable bonds is 16. The molecule has 7 nitrogen and oxygen atoms in total. The third-order valence-electron chi connectivity index (χ3n) is 4.07. The Bertz CT molecular complexity index is 455. The van der Waals surface area contributed by atoms with Crippen molar-refractivity contribution in [2.75, 3.05) is 13.2 Å². The Kier molecular flexibility index (Phi) is 12.1. The number of phosphoric acid groups is 2. The normalized spacial score (nSPS) is 18.6. The zero-order chi connectivity index (χ0) is 19.5. The van der Waals surface area contributed by atoms with Crippen molar-refractivity contribution in [1.29, 1.82) is 0 Å². The van der Waals surface area contributed by atoms with Gasteiger partial charge in [0.2, 0.25) is 0 Å². The van der Waals surface area contributed by atoms with Crippen molar-refractivity contribution in [2.45, 2.75) is 87.9 Å². The summed E-state index contributed by atoms with van der Waals surface area (Å²) in [6, 6.07) is 0. The summed E-state index contributed by atoms with van der Waals surface area (Å²) < 4.78 is 54.8. The van der Waals surface area contributed by atoms with Crippen molar-refractivity contribution in [3.05, 3.63) is 0 Å². The summed E-state index contributed by atoms with van der Waals surface area (Å²) in [5, 5.41) is 0. The molecule has 0 unspecified atom stereocenters. The van der Waals surface area contributed by atoms with Crippen molar-refractivity contribution in [1.82, 2.24) is 0 Å². The number of hydrogen-bond donors (Lipinski definition) is 0. The van der Waals surface area contributed by atoms with E-state index in [1.807, 2.05) is 13.8 Å². The monoisotopic (exact) mass is 522 g/mol. The summed E-state index contributed by atoms with van der Waals surface area (Å²) in [4.78, 5) is 0. The summed E-state index contributed by atoms with van der Waals surface area (Å²) in [6.07, 6.45) is 7.22. The van der Waals surface area contributed by atoms with Crippen LogP contribution in [-0.4, -0.2) is 32.4 Å². The molecule has 0 aromatic carbocycles. The molecular formula is C16H36O7P2Sn. The van der Waals surface area contributed by atoms with E-state index in [9.17, 15) is 9.13 Å². The summed E-state index contributed by atoms with van der Waals surface area (Å²) in [5.41, 5.74) is 0. The first-order chi connectivity index (χ1) is 12.4. The van der Waals surface area contributed by atoms with Gasteiger partial charge in [0.1, 0.15) is 0 Å². The fourth-order valence-corrected chi connectivity index (χ4v) is 23.8. The quantitative estimate of drug-likeness (QED) is 0.124. The van der Waals surface area contributed by atoms with Gasteiger partial charge in [-0.05, 0) is 0 Å². The van der Waals surface area contributed by atoms with Gasteiger partial charge in [-0.1, -0.05) is 0 Å². The van der Waals surface area contributed by atoms with E-state index in [0.29, 0.717) is 12.8 Å². The fourth-order valence-electron chi connectivity index (χ4n) is 2.50. The molecule has 0 aliphatic carbocycles. The Morgan fingerprint density at radius 1 is 0.808 bits per heavy atom. The van der Waals surface area contributed by atoms with Crippen molar-refractivity contribution in [2.24, 2.45) is 0 Å². The molecule has 26 heavy (non-hydrogen) atoms. The SMILES string of the molecule is CCCCOP(=O)(OCCCC)OP1(=O)[O][Sn]([CH2]CCC)([CH2]CCC)[O]1. The summed E-state index contributed by atoms with van der Waals surface area (Å²) in [5.74, 6) is 0. The minimum absolute atomic E-state index is 0.222. The van der Waals surface area contributed by atoms with Crippen LogP contribution in [-0.2, 0) is 28.2 Å². The second kappa shape index (κ2) is 12.6. The first kappa shape index (κ1) is 25.1. The second-order valence-corrected chi connectivity index (χ2v) is 21.2. The Morgan fingerprint density at radius 2 is 1.23 bits per heavy atom. The van der Waals surface area contributed by atoms with Gasteiger partial charge in [-0.15, -0.1) is 0 Å². The molecule has 1 rings (SSSR count). The van der Waals surface area contributed by atoms with Crippen LogP contribution in [0.3, 0.4) is 0 Å². The van der Waals surface area contributed by atoms with Crippen LogP contribution in [0.25, 0.3) is 0 Å². The molecule has 156 valence electrons. The molecule has 1 heterocycles. The van der Waals surface area contributed by atoms with Gasteiger partial charge in [0.15, 0.2) is 0 Å². The van der Waals surface area contributed by atoms with E-state index in [1.54, 1.807) is 0 Å². The molecule has 1 saturated heterocycles. The Hall–Kier alpha value is 1.06. The first-order valence-electron chi connectivity index (χ1n) is 9.98. The minimum atomic E-state index is -3.95. The van der Waals surface area contributed by atoms with Crippen molar-refractivity contribution >= 4 is 34.9 Å². The zero-order valence-electron chi connectivity index (χ0n) is 16.7. The van der Waals surface area contributed by atoms with Crippen LogP contribution in [0.5, 0.6) is 0 Å². The molecule has 0 radical (unpaired) electrons. The van der Waals surface area contributed by atoms with E-state index < -0.39 is 34.9 Å². The molecule has 1 aliphatic heterocycles. The molecule has 0 N–H and O–H groups in total. The number of unbranched alkanes of at least 4 members (excludes halogenated alkanes) is 4. The van der Waals surface area contributed by atoms with Crippen LogP contribution in [0.1, 0.15) is 79.1 Å². The number of hydrogen-bond acceptors (Lipinski definition) is 7. The van der Waals surface area contributed by atoms with E-state index in [1.165, 1.54) is 0 Å². The van der Waals surface area contributed by atoms with E-state index in [2.05, 4.69) is 13.8 Å². The summed E-state index contributed by atoms with van der Waals surface area (Å²) in [6.45, 7) is 8.65.